The van der Waals surface area contributed by atoms with Crippen LogP contribution >= 0.6 is 0 Å². The molecule has 3 N–H and O–H groups in total. The number of para-hydroxylation sites is 1. The molecule has 0 unspecified atom stereocenters. The maximum Gasteiger partial charge on any atom is 0.224 e. The first-order chi connectivity index (χ1) is 9.56. The number of aryl methyl sites for hydroxylation is 2. The topological polar surface area (TPSA) is 55.1 Å². The number of halogens is 1. The van der Waals surface area contributed by atoms with Crippen molar-refractivity contribution in [2.75, 3.05) is 11.1 Å². The van der Waals surface area contributed by atoms with Gasteiger partial charge in [-0.25, -0.2) is 4.39 Å². The van der Waals surface area contributed by atoms with E-state index in [4.69, 9.17) is 5.73 Å². The van der Waals surface area contributed by atoms with E-state index < -0.39 is 5.82 Å². The number of rotatable bonds is 4. The van der Waals surface area contributed by atoms with Gasteiger partial charge in [0.15, 0.2) is 0 Å². The summed E-state index contributed by atoms with van der Waals surface area (Å²) in [7, 11) is 0. The summed E-state index contributed by atoms with van der Waals surface area (Å²) in [5.41, 5.74) is 8.18. The highest BCUT2D eigenvalue weighted by Crippen LogP contribution is 2.22. The van der Waals surface area contributed by atoms with Crippen LogP contribution in [0.2, 0.25) is 0 Å². The first kappa shape index (κ1) is 14.1. The van der Waals surface area contributed by atoms with Crippen molar-refractivity contribution in [3.63, 3.8) is 0 Å². The number of nitrogens with one attached hydrogen (secondary N) is 1. The van der Waals surface area contributed by atoms with Crippen molar-refractivity contribution in [1.29, 1.82) is 0 Å². The van der Waals surface area contributed by atoms with E-state index in [2.05, 4.69) is 5.32 Å². The maximum atomic E-state index is 13.5. The van der Waals surface area contributed by atoms with Gasteiger partial charge in [0.2, 0.25) is 5.91 Å². The molecule has 3 nitrogen and oxygen atoms in total. The molecule has 0 aliphatic heterocycles. The van der Waals surface area contributed by atoms with Crippen LogP contribution in [0, 0.1) is 12.7 Å². The largest absolute Gasteiger partial charge is 0.397 e. The van der Waals surface area contributed by atoms with Gasteiger partial charge >= 0.3 is 0 Å². The normalized spacial score (nSPS) is 10.3. The van der Waals surface area contributed by atoms with Crippen LogP contribution in [0.5, 0.6) is 0 Å². The molecule has 0 fully saturated rings. The fraction of sp³-hybridized carbons (Fsp3) is 0.188. The zero-order valence-corrected chi connectivity index (χ0v) is 11.3. The Morgan fingerprint density at radius 2 is 1.90 bits per heavy atom. The Kier molecular flexibility index (Phi) is 4.35. The Morgan fingerprint density at radius 1 is 1.20 bits per heavy atom. The SMILES string of the molecule is Cc1ccc(CCC(=O)Nc2c(N)cccc2F)cc1. The second-order valence-electron chi connectivity index (χ2n) is 4.74. The lowest BCUT2D eigenvalue weighted by Gasteiger charge is -2.09. The lowest BCUT2D eigenvalue weighted by Crippen LogP contribution is -2.14. The lowest BCUT2D eigenvalue weighted by molar-refractivity contribution is -0.116. The summed E-state index contributed by atoms with van der Waals surface area (Å²) in [5, 5.41) is 2.52. The Bertz CT molecular complexity index is 588. The van der Waals surface area contributed by atoms with Crippen molar-refractivity contribution in [2.24, 2.45) is 0 Å². The predicted octanol–water partition coefficient (Wildman–Crippen LogP) is 3.29. The second-order valence-corrected chi connectivity index (χ2v) is 4.74. The summed E-state index contributed by atoms with van der Waals surface area (Å²) in [6.07, 6.45) is 0.900. The molecule has 0 bridgehead atoms. The van der Waals surface area contributed by atoms with E-state index in [-0.39, 0.29) is 23.7 Å². The van der Waals surface area contributed by atoms with E-state index in [1.807, 2.05) is 31.2 Å². The van der Waals surface area contributed by atoms with Crippen LogP contribution in [0.3, 0.4) is 0 Å². The number of hydrogen-bond acceptors (Lipinski definition) is 2. The van der Waals surface area contributed by atoms with Crippen molar-refractivity contribution in [3.05, 3.63) is 59.4 Å². The first-order valence-electron chi connectivity index (χ1n) is 6.45. The molecular formula is C16H17FN2O. The van der Waals surface area contributed by atoms with Crippen LogP contribution in [-0.4, -0.2) is 5.91 Å². The van der Waals surface area contributed by atoms with Gasteiger partial charge in [0.25, 0.3) is 0 Å². The Hall–Kier alpha value is -2.36. The van der Waals surface area contributed by atoms with Crippen LogP contribution in [0.1, 0.15) is 17.5 Å². The molecule has 0 aliphatic rings. The van der Waals surface area contributed by atoms with Crippen molar-refractivity contribution >= 4 is 17.3 Å². The van der Waals surface area contributed by atoms with Gasteiger partial charge in [0.1, 0.15) is 11.5 Å². The van der Waals surface area contributed by atoms with Crippen LogP contribution in [0.15, 0.2) is 42.5 Å². The fourth-order valence-corrected chi connectivity index (χ4v) is 1.89. The molecule has 0 aliphatic carbocycles. The molecule has 0 spiro atoms. The monoisotopic (exact) mass is 272 g/mol. The van der Waals surface area contributed by atoms with Gasteiger partial charge in [-0.1, -0.05) is 35.9 Å². The molecule has 0 atom stereocenters. The number of benzene rings is 2. The number of carbonyl (C=O) groups excluding carboxylic acids is 1. The average molecular weight is 272 g/mol. The third-order valence-electron chi connectivity index (χ3n) is 3.07. The minimum Gasteiger partial charge on any atom is -0.397 e. The summed E-state index contributed by atoms with van der Waals surface area (Å²) in [6, 6.07) is 12.3. The van der Waals surface area contributed by atoms with Gasteiger partial charge in [-0.2, -0.15) is 0 Å². The highest BCUT2D eigenvalue weighted by Gasteiger charge is 2.10. The average Bonchev–Trinajstić information content (AvgIpc) is 2.42. The number of carbonyl (C=O) groups is 1. The predicted molar refractivity (Wildman–Crippen MR) is 78.9 cm³/mol. The van der Waals surface area contributed by atoms with E-state index >= 15 is 0 Å². The third-order valence-corrected chi connectivity index (χ3v) is 3.07. The van der Waals surface area contributed by atoms with Crippen LogP contribution in [0.4, 0.5) is 15.8 Å². The van der Waals surface area contributed by atoms with Gasteiger partial charge < -0.3 is 11.1 Å². The molecule has 0 saturated heterocycles. The molecule has 104 valence electrons. The molecular weight excluding hydrogens is 255 g/mol. The number of amides is 1. The quantitative estimate of drug-likeness (QED) is 0.839. The molecule has 0 radical (unpaired) electrons. The second kappa shape index (κ2) is 6.19. The minimum absolute atomic E-state index is 0.0569. The molecule has 2 aromatic rings. The Labute approximate surface area is 117 Å². The minimum atomic E-state index is -0.520. The summed E-state index contributed by atoms with van der Waals surface area (Å²) in [5.74, 6) is -0.768. The first-order valence-corrected chi connectivity index (χ1v) is 6.45. The van der Waals surface area contributed by atoms with E-state index in [1.165, 1.54) is 17.7 Å². The van der Waals surface area contributed by atoms with E-state index in [0.29, 0.717) is 6.42 Å². The van der Waals surface area contributed by atoms with Gasteiger partial charge in [0.05, 0.1) is 5.69 Å². The van der Waals surface area contributed by atoms with Crippen molar-refractivity contribution < 1.29 is 9.18 Å². The van der Waals surface area contributed by atoms with Crippen LogP contribution < -0.4 is 11.1 Å². The Morgan fingerprint density at radius 3 is 2.55 bits per heavy atom. The van der Waals surface area contributed by atoms with E-state index in [9.17, 15) is 9.18 Å². The molecule has 20 heavy (non-hydrogen) atoms. The highest BCUT2D eigenvalue weighted by atomic mass is 19.1. The van der Waals surface area contributed by atoms with Gasteiger partial charge in [-0.15, -0.1) is 0 Å². The molecule has 4 heteroatoms. The standard InChI is InChI=1S/C16H17FN2O/c1-11-5-7-12(8-6-11)9-10-15(20)19-16-13(17)3-2-4-14(16)18/h2-8H,9-10,18H2,1H3,(H,19,20). The summed E-state index contributed by atoms with van der Waals surface area (Å²) < 4.78 is 13.5. The third kappa shape index (κ3) is 3.57. The summed E-state index contributed by atoms with van der Waals surface area (Å²) in [6.45, 7) is 2.01. The van der Waals surface area contributed by atoms with Crippen LogP contribution in [0.25, 0.3) is 0 Å². The zero-order valence-electron chi connectivity index (χ0n) is 11.3. The van der Waals surface area contributed by atoms with Crippen molar-refractivity contribution in [1.82, 2.24) is 0 Å². The molecule has 0 heterocycles. The van der Waals surface area contributed by atoms with Crippen molar-refractivity contribution in [2.45, 2.75) is 19.8 Å². The lowest BCUT2D eigenvalue weighted by atomic mass is 10.1. The molecule has 2 rings (SSSR count). The van der Waals surface area contributed by atoms with Crippen molar-refractivity contribution in [3.8, 4) is 0 Å². The van der Waals surface area contributed by atoms with E-state index in [0.717, 1.165) is 5.56 Å². The Balaban J connectivity index is 1.94. The highest BCUT2D eigenvalue weighted by molar-refractivity contribution is 5.94. The van der Waals surface area contributed by atoms with Gasteiger partial charge in [-0.3, -0.25) is 4.79 Å². The maximum absolute atomic E-state index is 13.5. The smallest absolute Gasteiger partial charge is 0.224 e. The number of nitrogen functional groups attached to an aromatic ring is 1. The molecule has 0 aromatic heterocycles. The number of nitrogens with two attached hydrogens (primary N) is 1. The van der Waals surface area contributed by atoms with Crippen LogP contribution in [-0.2, 0) is 11.2 Å². The number of anilines is 2. The zero-order chi connectivity index (χ0) is 14.5. The fourth-order valence-electron chi connectivity index (χ4n) is 1.89. The molecule has 2 aromatic carbocycles. The summed E-state index contributed by atoms with van der Waals surface area (Å²) >= 11 is 0. The van der Waals surface area contributed by atoms with Gasteiger partial charge in [0, 0.05) is 6.42 Å². The molecule has 0 saturated carbocycles. The molecule has 1 amide bonds. The van der Waals surface area contributed by atoms with E-state index in [1.54, 1.807) is 6.07 Å². The van der Waals surface area contributed by atoms with Gasteiger partial charge in [-0.05, 0) is 31.0 Å². The summed E-state index contributed by atoms with van der Waals surface area (Å²) in [4.78, 5) is 11.8. The number of hydrogen-bond donors (Lipinski definition) is 2.